The molecule has 0 saturated carbocycles. The number of hydrogen-bond donors (Lipinski definition) is 2. The van der Waals surface area contributed by atoms with Gasteiger partial charge in [0.1, 0.15) is 11.7 Å². The number of aliphatic hydroxyl groups excluding tert-OH is 1. The molecule has 1 aliphatic heterocycles. The summed E-state index contributed by atoms with van der Waals surface area (Å²) in [4.78, 5) is 0. The van der Waals surface area contributed by atoms with Crippen LogP contribution in [0.3, 0.4) is 0 Å². The Hall–Kier alpha value is -0.160. The molecule has 4 nitrogen and oxygen atoms in total. The highest BCUT2D eigenvalue weighted by molar-refractivity contribution is 4.87. The van der Waals surface area contributed by atoms with Crippen molar-refractivity contribution in [3.63, 3.8) is 0 Å². The Labute approximate surface area is 72.1 Å². The topological polar surface area (TPSA) is 58.9 Å². The maximum atomic E-state index is 9.60. The summed E-state index contributed by atoms with van der Waals surface area (Å²) in [7, 11) is 0. The fourth-order valence-corrected chi connectivity index (χ4v) is 1.10. The van der Waals surface area contributed by atoms with Gasteiger partial charge in [-0.1, -0.05) is 0 Å². The van der Waals surface area contributed by atoms with Gasteiger partial charge in [0.25, 0.3) is 0 Å². The van der Waals surface area contributed by atoms with E-state index in [4.69, 9.17) is 14.6 Å². The van der Waals surface area contributed by atoms with Gasteiger partial charge >= 0.3 is 0 Å². The van der Waals surface area contributed by atoms with Crippen LogP contribution in [0.4, 0.5) is 0 Å². The van der Waals surface area contributed by atoms with Gasteiger partial charge in [0.05, 0.1) is 13.2 Å². The summed E-state index contributed by atoms with van der Waals surface area (Å²) < 4.78 is 10.6. The van der Waals surface area contributed by atoms with Crippen molar-refractivity contribution in [3.05, 3.63) is 0 Å². The first-order chi connectivity index (χ1) is 5.37. The fraction of sp³-hybridized carbons (Fsp3) is 1.00. The number of rotatable bonds is 2. The third-order valence-electron chi connectivity index (χ3n) is 2.02. The first-order valence-corrected chi connectivity index (χ1v) is 4.02. The van der Waals surface area contributed by atoms with Crippen LogP contribution < -0.4 is 0 Å². The summed E-state index contributed by atoms with van der Waals surface area (Å²) in [5.41, 5.74) is -1.21. The molecule has 1 rings (SSSR count). The Morgan fingerprint density at radius 3 is 2.50 bits per heavy atom. The second-order valence-electron chi connectivity index (χ2n) is 3.83. The molecule has 0 aromatic heterocycles. The van der Waals surface area contributed by atoms with Crippen molar-refractivity contribution in [1.82, 2.24) is 0 Å². The first-order valence-electron chi connectivity index (χ1n) is 4.02. The van der Waals surface area contributed by atoms with Crippen LogP contribution in [0, 0.1) is 0 Å². The van der Waals surface area contributed by atoms with Crippen LogP contribution in [-0.2, 0) is 9.47 Å². The quantitative estimate of drug-likeness (QED) is 0.616. The summed E-state index contributed by atoms with van der Waals surface area (Å²) >= 11 is 0. The van der Waals surface area contributed by atoms with Crippen LogP contribution in [0.2, 0.25) is 0 Å². The lowest BCUT2D eigenvalue weighted by molar-refractivity contribution is -0.173. The molecule has 0 aliphatic carbocycles. The summed E-state index contributed by atoms with van der Waals surface area (Å²) in [6.45, 7) is 5.08. The van der Waals surface area contributed by atoms with E-state index in [9.17, 15) is 5.11 Å². The van der Waals surface area contributed by atoms with E-state index in [1.54, 1.807) is 13.8 Å². The number of ether oxygens (including phenoxy) is 2. The van der Waals surface area contributed by atoms with Crippen LogP contribution >= 0.6 is 0 Å². The lowest BCUT2D eigenvalue weighted by atomic mass is 10.0. The Kier molecular flexibility index (Phi) is 2.45. The predicted octanol–water partition coefficient (Wildman–Crippen LogP) is -0.119. The summed E-state index contributed by atoms with van der Waals surface area (Å²) in [5, 5.41) is 18.4. The van der Waals surface area contributed by atoms with E-state index in [1.165, 1.54) is 6.92 Å². The van der Waals surface area contributed by atoms with Crippen molar-refractivity contribution in [2.45, 2.75) is 38.3 Å². The normalized spacial score (nSPS) is 33.2. The van der Waals surface area contributed by atoms with E-state index in [-0.39, 0.29) is 6.61 Å². The minimum atomic E-state index is -1.21. The third-order valence-corrected chi connectivity index (χ3v) is 2.02. The summed E-state index contributed by atoms with van der Waals surface area (Å²) in [6, 6.07) is 0. The standard InChI is InChI=1S/C8H16O4/c1-7(2)11-4-6(12-7)8(3,10)5-9/h6,9-10H,4-5H2,1-3H3/t6?,8-/m1/s1. The molecule has 0 aromatic rings. The molecule has 2 N–H and O–H groups in total. The highest BCUT2D eigenvalue weighted by Gasteiger charge is 2.42. The molecule has 72 valence electrons. The van der Waals surface area contributed by atoms with Crippen LogP contribution in [0.1, 0.15) is 20.8 Å². The molecular weight excluding hydrogens is 160 g/mol. The van der Waals surface area contributed by atoms with E-state index in [1.807, 2.05) is 0 Å². The summed E-state index contributed by atoms with van der Waals surface area (Å²) in [6.07, 6.45) is -0.447. The molecule has 0 radical (unpaired) electrons. The van der Waals surface area contributed by atoms with Gasteiger partial charge in [-0.2, -0.15) is 0 Å². The van der Waals surface area contributed by atoms with Gasteiger partial charge in [-0.25, -0.2) is 0 Å². The minimum absolute atomic E-state index is 0.320. The Balaban J connectivity index is 2.58. The van der Waals surface area contributed by atoms with Gasteiger partial charge in [-0.15, -0.1) is 0 Å². The highest BCUT2D eigenvalue weighted by atomic mass is 16.7. The molecule has 0 spiro atoms. The van der Waals surface area contributed by atoms with Crippen molar-refractivity contribution < 1.29 is 19.7 Å². The van der Waals surface area contributed by atoms with E-state index in [0.717, 1.165) is 0 Å². The van der Waals surface area contributed by atoms with Gasteiger partial charge in [0.2, 0.25) is 0 Å². The van der Waals surface area contributed by atoms with E-state index >= 15 is 0 Å². The molecule has 0 amide bonds. The van der Waals surface area contributed by atoms with Crippen molar-refractivity contribution in [2.24, 2.45) is 0 Å². The SMILES string of the molecule is CC1(C)OCC([C@](C)(O)CO)O1. The number of aliphatic hydroxyl groups is 2. The highest BCUT2D eigenvalue weighted by Crippen LogP contribution is 2.28. The molecule has 1 heterocycles. The first kappa shape index (κ1) is 9.92. The van der Waals surface area contributed by atoms with E-state index < -0.39 is 17.5 Å². The molecule has 1 saturated heterocycles. The monoisotopic (exact) mass is 176 g/mol. The second-order valence-corrected chi connectivity index (χ2v) is 3.83. The smallest absolute Gasteiger partial charge is 0.163 e. The van der Waals surface area contributed by atoms with Crippen molar-refractivity contribution in [2.75, 3.05) is 13.2 Å². The molecule has 12 heavy (non-hydrogen) atoms. The lowest BCUT2D eigenvalue weighted by Crippen LogP contribution is -2.45. The average Bonchev–Trinajstić information content (AvgIpc) is 2.31. The molecule has 0 aromatic carbocycles. The zero-order valence-corrected chi connectivity index (χ0v) is 7.70. The van der Waals surface area contributed by atoms with Gasteiger partial charge < -0.3 is 19.7 Å². The molecule has 0 bridgehead atoms. The Bertz CT molecular complexity index is 164. The largest absolute Gasteiger partial charge is 0.393 e. The van der Waals surface area contributed by atoms with Crippen LogP contribution in [0.15, 0.2) is 0 Å². The fourth-order valence-electron chi connectivity index (χ4n) is 1.10. The predicted molar refractivity (Wildman–Crippen MR) is 42.6 cm³/mol. The Morgan fingerprint density at radius 1 is 1.58 bits per heavy atom. The van der Waals surface area contributed by atoms with Gasteiger partial charge in [-0.3, -0.25) is 0 Å². The zero-order valence-electron chi connectivity index (χ0n) is 7.70. The van der Waals surface area contributed by atoms with Crippen LogP contribution in [0.25, 0.3) is 0 Å². The van der Waals surface area contributed by atoms with Crippen LogP contribution in [0.5, 0.6) is 0 Å². The molecule has 1 unspecified atom stereocenters. The molecule has 4 heteroatoms. The maximum absolute atomic E-state index is 9.60. The maximum Gasteiger partial charge on any atom is 0.163 e. The average molecular weight is 176 g/mol. The zero-order chi connectivity index (χ0) is 9.41. The lowest BCUT2D eigenvalue weighted by Gasteiger charge is -2.27. The van der Waals surface area contributed by atoms with Gasteiger partial charge in [0, 0.05) is 0 Å². The van der Waals surface area contributed by atoms with Crippen molar-refractivity contribution in [3.8, 4) is 0 Å². The minimum Gasteiger partial charge on any atom is -0.393 e. The van der Waals surface area contributed by atoms with Crippen molar-refractivity contribution >= 4 is 0 Å². The second kappa shape index (κ2) is 2.96. The molecule has 1 fully saturated rings. The molecular formula is C8H16O4. The summed E-state index contributed by atoms with van der Waals surface area (Å²) in [5.74, 6) is -0.649. The third kappa shape index (κ3) is 1.95. The van der Waals surface area contributed by atoms with Gasteiger partial charge in [-0.05, 0) is 20.8 Å². The molecule has 2 atom stereocenters. The van der Waals surface area contributed by atoms with Crippen LogP contribution in [-0.4, -0.2) is 40.9 Å². The van der Waals surface area contributed by atoms with E-state index in [2.05, 4.69) is 0 Å². The van der Waals surface area contributed by atoms with Gasteiger partial charge in [0.15, 0.2) is 5.79 Å². The van der Waals surface area contributed by atoms with Crippen molar-refractivity contribution in [1.29, 1.82) is 0 Å². The molecule has 1 aliphatic rings. The number of hydrogen-bond acceptors (Lipinski definition) is 4. The van der Waals surface area contributed by atoms with E-state index in [0.29, 0.717) is 6.61 Å². The Morgan fingerprint density at radius 2 is 2.17 bits per heavy atom.